The number of carbonyl (C=O) groups is 2. The van der Waals surface area contributed by atoms with Crippen molar-refractivity contribution in [2.24, 2.45) is 11.3 Å². The minimum atomic E-state index is -0.451. The summed E-state index contributed by atoms with van der Waals surface area (Å²) in [5.74, 6) is -0.222. The predicted octanol–water partition coefficient (Wildman–Crippen LogP) is 6.19. The standard InChI is InChI=1S/C26H26BrNO3/c1-26(2,3)17-11-12-22-20(14-17)24(19-9-4-5-10-21(19)28-22)25(30)31-15-23(29)16-7-6-8-18(27)13-16/h4-10,13,17H,11-12,14-15H2,1-3H3/t17-/m1/s1. The molecule has 0 unspecified atom stereocenters. The Morgan fingerprint density at radius 3 is 2.65 bits per heavy atom. The number of fused-ring (bicyclic) bond motifs is 2. The summed E-state index contributed by atoms with van der Waals surface area (Å²) in [4.78, 5) is 30.7. The van der Waals surface area contributed by atoms with Gasteiger partial charge in [-0.25, -0.2) is 4.79 Å². The topological polar surface area (TPSA) is 56.3 Å². The fourth-order valence-corrected chi connectivity index (χ4v) is 4.71. The Kier molecular flexibility index (Phi) is 5.98. The van der Waals surface area contributed by atoms with Crippen molar-refractivity contribution >= 4 is 38.6 Å². The molecule has 0 saturated heterocycles. The maximum absolute atomic E-state index is 13.3. The largest absolute Gasteiger partial charge is 0.454 e. The van der Waals surface area contributed by atoms with E-state index < -0.39 is 5.97 Å². The molecule has 1 aliphatic rings. The number of rotatable bonds is 4. The van der Waals surface area contributed by atoms with Gasteiger partial charge in [0.25, 0.3) is 0 Å². The Morgan fingerprint density at radius 1 is 1.13 bits per heavy atom. The Balaban J connectivity index is 1.67. The number of nitrogens with zero attached hydrogens (tertiary/aromatic N) is 1. The van der Waals surface area contributed by atoms with Gasteiger partial charge in [-0.05, 0) is 54.4 Å². The first-order chi connectivity index (χ1) is 14.7. The Morgan fingerprint density at radius 2 is 1.90 bits per heavy atom. The molecule has 0 N–H and O–H groups in total. The second kappa shape index (κ2) is 8.54. The van der Waals surface area contributed by atoms with Crippen molar-refractivity contribution in [1.82, 2.24) is 4.98 Å². The molecule has 3 aromatic rings. The van der Waals surface area contributed by atoms with Gasteiger partial charge in [0, 0.05) is 21.1 Å². The average molecular weight is 480 g/mol. The van der Waals surface area contributed by atoms with E-state index in [1.807, 2.05) is 30.3 Å². The van der Waals surface area contributed by atoms with Crippen LogP contribution in [0.1, 0.15) is 59.2 Å². The van der Waals surface area contributed by atoms with E-state index in [0.29, 0.717) is 17.0 Å². The molecule has 0 aliphatic heterocycles. The Bertz CT molecular complexity index is 1160. The monoisotopic (exact) mass is 479 g/mol. The van der Waals surface area contributed by atoms with Crippen LogP contribution in [0.5, 0.6) is 0 Å². The van der Waals surface area contributed by atoms with E-state index in [-0.39, 0.29) is 17.8 Å². The molecule has 1 aliphatic carbocycles. The fraction of sp³-hybridized carbons (Fsp3) is 0.346. The van der Waals surface area contributed by atoms with Crippen LogP contribution in [0.25, 0.3) is 10.9 Å². The van der Waals surface area contributed by atoms with Crippen molar-refractivity contribution in [3.63, 3.8) is 0 Å². The number of halogens is 1. The zero-order valence-corrected chi connectivity index (χ0v) is 19.7. The number of hydrogen-bond donors (Lipinski definition) is 0. The molecular weight excluding hydrogens is 454 g/mol. The fourth-order valence-electron chi connectivity index (χ4n) is 4.31. The molecule has 4 rings (SSSR count). The molecule has 1 atom stereocenters. The second-order valence-electron chi connectivity index (χ2n) is 9.24. The van der Waals surface area contributed by atoms with Crippen LogP contribution in [0.3, 0.4) is 0 Å². The summed E-state index contributed by atoms with van der Waals surface area (Å²) < 4.78 is 6.36. The Labute approximate surface area is 191 Å². The number of aromatic nitrogens is 1. The average Bonchev–Trinajstić information content (AvgIpc) is 2.74. The number of esters is 1. The smallest absolute Gasteiger partial charge is 0.339 e. The number of aryl methyl sites for hydroxylation is 1. The van der Waals surface area contributed by atoms with Gasteiger partial charge in [-0.1, -0.05) is 67.0 Å². The predicted molar refractivity (Wildman–Crippen MR) is 125 cm³/mol. The van der Waals surface area contributed by atoms with Crippen LogP contribution >= 0.6 is 15.9 Å². The quantitative estimate of drug-likeness (QED) is 0.330. The zero-order chi connectivity index (χ0) is 22.2. The zero-order valence-electron chi connectivity index (χ0n) is 18.1. The highest BCUT2D eigenvalue weighted by Crippen LogP contribution is 2.39. The van der Waals surface area contributed by atoms with Crippen molar-refractivity contribution in [2.75, 3.05) is 6.61 Å². The highest BCUT2D eigenvalue weighted by atomic mass is 79.9. The highest BCUT2D eigenvalue weighted by molar-refractivity contribution is 9.10. The van der Waals surface area contributed by atoms with Gasteiger partial charge in [0.2, 0.25) is 0 Å². The van der Waals surface area contributed by atoms with Crippen molar-refractivity contribution in [3.8, 4) is 0 Å². The summed E-state index contributed by atoms with van der Waals surface area (Å²) in [6.07, 6.45) is 2.69. The summed E-state index contributed by atoms with van der Waals surface area (Å²) in [5, 5.41) is 0.788. The summed E-state index contributed by atoms with van der Waals surface area (Å²) in [5.41, 5.74) is 3.96. The van der Waals surface area contributed by atoms with Crippen LogP contribution in [0.15, 0.2) is 53.0 Å². The molecule has 4 nitrogen and oxygen atoms in total. The van der Waals surface area contributed by atoms with Crippen LogP contribution < -0.4 is 0 Å². The van der Waals surface area contributed by atoms with Gasteiger partial charge >= 0.3 is 5.97 Å². The molecular formula is C26H26BrNO3. The van der Waals surface area contributed by atoms with Crippen molar-refractivity contribution in [2.45, 2.75) is 40.0 Å². The lowest BCUT2D eigenvalue weighted by Gasteiger charge is -2.35. The molecule has 0 spiro atoms. The van der Waals surface area contributed by atoms with Gasteiger partial charge in [-0.2, -0.15) is 0 Å². The van der Waals surface area contributed by atoms with E-state index in [1.165, 1.54) is 0 Å². The molecule has 0 bridgehead atoms. The van der Waals surface area contributed by atoms with Crippen molar-refractivity contribution < 1.29 is 14.3 Å². The number of hydrogen-bond acceptors (Lipinski definition) is 4. The lowest BCUT2D eigenvalue weighted by molar-refractivity contribution is 0.0474. The minimum absolute atomic E-state index is 0.140. The van der Waals surface area contributed by atoms with Crippen LogP contribution in [-0.2, 0) is 17.6 Å². The first-order valence-corrected chi connectivity index (χ1v) is 11.4. The van der Waals surface area contributed by atoms with E-state index in [0.717, 1.165) is 45.9 Å². The molecule has 2 aromatic carbocycles. The third-order valence-corrected chi connectivity index (χ3v) is 6.66. The number of carbonyl (C=O) groups excluding carboxylic acids is 2. The third kappa shape index (κ3) is 4.57. The van der Waals surface area contributed by atoms with E-state index in [4.69, 9.17) is 9.72 Å². The maximum Gasteiger partial charge on any atom is 0.339 e. The van der Waals surface area contributed by atoms with Crippen LogP contribution in [0, 0.1) is 11.3 Å². The molecule has 5 heteroatoms. The van der Waals surface area contributed by atoms with E-state index in [1.54, 1.807) is 18.2 Å². The molecule has 1 heterocycles. The molecule has 1 aromatic heterocycles. The molecule has 160 valence electrons. The number of benzene rings is 2. The van der Waals surface area contributed by atoms with Gasteiger partial charge in [0.1, 0.15) is 0 Å². The van der Waals surface area contributed by atoms with E-state index in [2.05, 4.69) is 36.7 Å². The van der Waals surface area contributed by atoms with Crippen LogP contribution in [0.4, 0.5) is 0 Å². The van der Waals surface area contributed by atoms with Gasteiger partial charge in [-0.15, -0.1) is 0 Å². The van der Waals surface area contributed by atoms with Gasteiger partial charge in [0.05, 0.1) is 11.1 Å². The number of para-hydroxylation sites is 1. The van der Waals surface area contributed by atoms with Crippen LogP contribution in [-0.4, -0.2) is 23.3 Å². The molecule has 0 amide bonds. The Hall–Kier alpha value is -2.53. The number of ether oxygens (including phenoxy) is 1. The third-order valence-electron chi connectivity index (χ3n) is 6.17. The van der Waals surface area contributed by atoms with Gasteiger partial charge in [0.15, 0.2) is 12.4 Å². The molecule has 31 heavy (non-hydrogen) atoms. The number of ketones is 1. The molecule has 0 saturated carbocycles. The lowest BCUT2D eigenvalue weighted by atomic mass is 9.70. The second-order valence-corrected chi connectivity index (χ2v) is 10.2. The molecule has 0 radical (unpaired) electrons. The summed E-state index contributed by atoms with van der Waals surface area (Å²) in [6, 6.07) is 14.8. The molecule has 0 fully saturated rings. The van der Waals surface area contributed by atoms with E-state index in [9.17, 15) is 9.59 Å². The number of Topliss-reactive ketones (excluding diaryl/α,β-unsaturated/α-hetero) is 1. The first kappa shape index (κ1) is 21.7. The lowest BCUT2D eigenvalue weighted by Crippen LogP contribution is -2.29. The first-order valence-electron chi connectivity index (χ1n) is 10.6. The van der Waals surface area contributed by atoms with Crippen molar-refractivity contribution in [3.05, 3.63) is 75.4 Å². The minimum Gasteiger partial charge on any atom is -0.454 e. The maximum atomic E-state index is 13.3. The summed E-state index contributed by atoms with van der Waals surface area (Å²) in [6.45, 7) is 6.44. The van der Waals surface area contributed by atoms with Gasteiger partial charge in [-0.3, -0.25) is 9.78 Å². The van der Waals surface area contributed by atoms with Crippen molar-refractivity contribution in [1.29, 1.82) is 0 Å². The van der Waals surface area contributed by atoms with Crippen LogP contribution in [0.2, 0.25) is 0 Å². The van der Waals surface area contributed by atoms with Gasteiger partial charge < -0.3 is 4.74 Å². The summed E-state index contributed by atoms with van der Waals surface area (Å²) >= 11 is 3.37. The normalized spacial score (nSPS) is 16.1. The summed E-state index contributed by atoms with van der Waals surface area (Å²) in [7, 11) is 0. The number of pyridine rings is 1. The SMILES string of the molecule is CC(C)(C)[C@@H]1CCc2nc3ccccc3c(C(=O)OCC(=O)c3cccc(Br)c3)c2C1. The van der Waals surface area contributed by atoms with E-state index >= 15 is 0 Å². The highest BCUT2D eigenvalue weighted by Gasteiger charge is 2.33.